The number of nitrogens with zero attached hydrogens (tertiary/aromatic N) is 2. The largest absolute Gasteiger partial charge is 0.358 e. The number of non-ortho nitro benzene ring substituents is 1. The van der Waals surface area contributed by atoms with E-state index in [1.165, 1.54) is 24.3 Å². The molecule has 8 nitrogen and oxygen atoms in total. The van der Waals surface area contributed by atoms with Gasteiger partial charge in [0.2, 0.25) is 5.91 Å². The van der Waals surface area contributed by atoms with Crippen LogP contribution >= 0.6 is 0 Å². The first-order valence-corrected chi connectivity index (χ1v) is 13.7. The van der Waals surface area contributed by atoms with Crippen molar-refractivity contribution in [1.82, 2.24) is 4.90 Å². The molecule has 0 aromatic heterocycles. The first-order valence-electron chi connectivity index (χ1n) is 13.7. The van der Waals surface area contributed by atoms with E-state index in [0.29, 0.717) is 16.8 Å². The highest BCUT2D eigenvalue weighted by Gasteiger charge is 2.70. The Morgan fingerprint density at radius 3 is 2.24 bits per heavy atom. The van der Waals surface area contributed by atoms with E-state index in [-0.39, 0.29) is 22.9 Å². The number of carbonyl (C=O) groups excluding carboxylic acids is 3. The van der Waals surface area contributed by atoms with E-state index >= 15 is 0 Å². The molecule has 0 saturated carbocycles. The fourth-order valence-electron chi connectivity index (χ4n) is 6.98. The van der Waals surface area contributed by atoms with Crippen LogP contribution in [-0.4, -0.2) is 33.3 Å². The number of hydrogen-bond acceptors (Lipinski definition) is 6. The Bertz CT molecular complexity index is 1830. The zero-order valence-electron chi connectivity index (χ0n) is 22.6. The average Bonchev–Trinajstić information content (AvgIpc) is 3.49. The van der Waals surface area contributed by atoms with Crippen LogP contribution in [0.3, 0.4) is 0 Å². The number of rotatable bonds is 5. The highest BCUT2D eigenvalue weighted by atomic mass is 16.6. The van der Waals surface area contributed by atoms with Crippen LogP contribution in [0.5, 0.6) is 0 Å². The molecule has 42 heavy (non-hydrogen) atoms. The smallest absolute Gasteiger partial charge is 0.269 e. The number of ketones is 2. The van der Waals surface area contributed by atoms with Gasteiger partial charge in [-0.3, -0.25) is 24.5 Å². The lowest BCUT2D eigenvalue weighted by molar-refractivity contribution is -0.384. The first kappa shape index (κ1) is 25.6. The highest BCUT2D eigenvalue weighted by Crippen LogP contribution is 2.62. The van der Waals surface area contributed by atoms with E-state index in [9.17, 15) is 24.5 Å². The lowest BCUT2D eigenvalue weighted by Gasteiger charge is -2.38. The molecule has 1 saturated heterocycles. The number of nitrogens with one attached hydrogen (secondary N) is 1. The molecular formula is C34H25N3O5. The summed E-state index contributed by atoms with van der Waals surface area (Å²) in [5.41, 5.74) is 2.99. The van der Waals surface area contributed by atoms with Crippen molar-refractivity contribution in [3.63, 3.8) is 0 Å². The van der Waals surface area contributed by atoms with Crippen LogP contribution in [0.2, 0.25) is 0 Å². The van der Waals surface area contributed by atoms with Crippen molar-refractivity contribution in [3.05, 3.63) is 147 Å². The monoisotopic (exact) mass is 555 g/mol. The van der Waals surface area contributed by atoms with Gasteiger partial charge in [-0.1, -0.05) is 72.3 Å². The molecule has 3 heterocycles. The fraction of sp³-hybridized carbons (Fsp3) is 0.147. The summed E-state index contributed by atoms with van der Waals surface area (Å²) in [6.07, 6.45) is 3.73. The summed E-state index contributed by atoms with van der Waals surface area (Å²) in [5, 5.41) is 14.4. The zero-order valence-corrected chi connectivity index (χ0v) is 22.6. The van der Waals surface area contributed by atoms with Crippen molar-refractivity contribution in [3.8, 4) is 0 Å². The molecule has 0 aliphatic carbocycles. The molecule has 4 atom stereocenters. The Kier molecular flexibility index (Phi) is 5.69. The van der Waals surface area contributed by atoms with Crippen molar-refractivity contribution < 1.29 is 19.3 Å². The van der Waals surface area contributed by atoms with E-state index < -0.39 is 34.1 Å². The average molecular weight is 556 g/mol. The lowest BCUT2D eigenvalue weighted by atomic mass is 9.62. The van der Waals surface area contributed by atoms with E-state index in [4.69, 9.17) is 0 Å². The molecule has 1 N–H and O–H groups in total. The number of fused-ring (bicyclic) bond motifs is 6. The van der Waals surface area contributed by atoms with Crippen molar-refractivity contribution in [2.24, 2.45) is 5.92 Å². The van der Waals surface area contributed by atoms with Crippen LogP contribution in [0.15, 0.2) is 103 Å². The van der Waals surface area contributed by atoms with Crippen LogP contribution in [0.25, 0.3) is 6.08 Å². The molecule has 3 aliphatic heterocycles. The third kappa shape index (κ3) is 3.51. The second kappa shape index (κ2) is 9.34. The summed E-state index contributed by atoms with van der Waals surface area (Å²) in [5.74, 6) is -2.21. The van der Waals surface area contributed by atoms with Gasteiger partial charge in [-0.2, -0.15) is 0 Å². The number of anilines is 1. The molecular weight excluding hydrogens is 530 g/mol. The van der Waals surface area contributed by atoms with Gasteiger partial charge in [-0.15, -0.1) is 0 Å². The van der Waals surface area contributed by atoms with Gasteiger partial charge in [0.25, 0.3) is 5.69 Å². The molecule has 4 aromatic rings. The Balaban J connectivity index is 1.51. The van der Waals surface area contributed by atoms with Gasteiger partial charge < -0.3 is 10.2 Å². The van der Waals surface area contributed by atoms with Gasteiger partial charge in [0, 0.05) is 35.1 Å². The highest BCUT2D eigenvalue weighted by molar-refractivity contribution is 6.16. The number of aryl methyl sites for hydroxylation is 1. The molecule has 4 aromatic carbocycles. The third-order valence-corrected chi connectivity index (χ3v) is 8.82. The number of hydrogen-bond donors (Lipinski definition) is 1. The summed E-state index contributed by atoms with van der Waals surface area (Å²) in [6.45, 7) is 1.93. The first-order chi connectivity index (χ1) is 20.3. The number of Topliss-reactive ketones (excluding diaryl/α,β-unsaturated/α-hetero) is 2. The van der Waals surface area contributed by atoms with Crippen LogP contribution in [0, 0.1) is 23.0 Å². The molecule has 7 rings (SSSR count). The second-order valence-corrected chi connectivity index (χ2v) is 11.0. The normalized spacial score (nSPS) is 23.2. The lowest BCUT2D eigenvalue weighted by Crippen LogP contribution is -2.49. The van der Waals surface area contributed by atoms with E-state index in [2.05, 4.69) is 5.32 Å². The molecule has 8 heteroatoms. The number of benzene rings is 4. The van der Waals surface area contributed by atoms with Gasteiger partial charge in [0.1, 0.15) is 11.5 Å². The predicted octanol–water partition coefficient (Wildman–Crippen LogP) is 5.88. The predicted molar refractivity (Wildman–Crippen MR) is 157 cm³/mol. The number of carbonyl (C=O) groups is 3. The summed E-state index contributed by atoms with van der Waals surface area (Å²) in [6, 6.07) is 25.9. The van der Waals surface area contributed by atoms with Gasteiger partial charge >= 0.3 is 0 Å². The molecule has 206 valence electrons. The van der Waals surface area contributed by atoms with E-state index in [1.54, 1.807) is 18.2 Å². The van der Waals surface area contributed by atoms with Gasteiger partial charge in [-0.25, -0.2) is 0 Å². The molecule has 0 unspecified atom stereocenters. The van der Waals surface area contributed by atoms with Crippen LogP contribution in [-0.2, 0) is 10.2 Å². The Morgan fingerprint density at radius 1 is 0.857 bits per heavy atom. The standard InChI is InChI=1S/C34H25N3O5/c1-20-10-12-23(13-11-20)31(39)29-28(30(38)22-14-16-24(17-15-22)37(41)42)34(26-8-4-5-9-27(26)35-33(34)40)32-25-7-3-2-6-21(25)18-19-36(29)32/h2-19,28-29,32H,1H3,(H,35,40)/t28-,29+,32-,34+/m1/s1. The molecule has 0 radical (unpaired) electrons. The van der Waals surface area contributed by atoms with Crippen molar-refractivity contribution in [2.45, 2.75) is 24.4 Å². The number of nitro groups is 1. The second-order valence-electron chi connectivity index (χ2n) is 11.0. The van der Waals surface area contributed by atoms with Gasteiger partial charge in [0.05, 0.1) is 16.9 Å². The number of nitro benzene ring substituents is 1. The molecule has 0 bridgehead atoms. The van der Waals surface area contributed by atoms with Crippen LogP contribution in [0.4, 0.5) is 11.4 Å². The van der Waals surface area contributed by atoms with Crippen LogP contribution in [0.1, 0.15) is 49.0 Å². The van der Waals surface area contributed by atoms with E-state index in [1.807, 2.05) is 78.7 Å². The Hall–Kier alpha value is -5.37. The maximum Gasteiger partial charge on any atom is 0.269 e. The number of para-hydroxylation sites is 1. The maximum absolute atomic E-state index is 14.7. The minimum Gasteiger partial charge on any atom is -0.358 e. The summed E-state index contributed by atoms with van der Waals surface area (Å²) < 4.78 is 0. The van der Waals surface area contributed by atoms with E-state index in [0.717, 1.165) is 16.7 Å². The van der Waals surface area contributed by atoms with Crippen molar-refractivity contribution in [2.75, 3.05) is 5.32 Å². The third-order valence-electron chi connectivity index (χ3n) is 8.82. The molecule has 1 amide bonds. The fourth-order valence-corrected chi connectivity index (χ4v) is 6.98. The SMILES string of the molecule is Cc1ccc(C(=O)[C@@H]2[C@H](C(=O)c3ccc([N+](=O)[O-])cc3)[C@]3(C(=O)Nc4ccccc43)[C@H]3c4ccccc4C=CN23)cc1. The maximum atomic E-state index is 14.7. The van der Waals surface area contributed by atoms with Gasteiger partial charge in [-0.05, 0) is 47.9 Å². The summed E-state index contributed by atoms with van der Waals surface area (Å²) in [7, 11) is 0. The summed E-state index contributed by atoms with van der Waals surface area (Å²) >= 11 is 0. The minimum atomic E-state index is -1.46. The van der Waals surface area contributed by atoms with Crippen LogP contribution < -0.4 is 5.32 Å². The van der Waals surface area contributed by atoms with Gasteiger partial charge in [0.15, 0.2) is 11.6 Å². The molecule has 3 aliphatic rings. The van der Waals surface area contributed by atoms with Crippen molar-refractivity contribution >= 4 is 34.9 Å². The number of amides is 1. The minimum absolute atomic E-state index is 0.154. The van der Waals surface area contributed by atoms with Crippen molar-refractivity contribution in [1.29, 1.82) is 0 Å². The zero-order chi connectivity index (χ0) is 29.2. The summed E-state index contributed by atoms with van der Waals surface area (Å²) in [4.78, 5) is 56.4. The Labute approximate surface area is 241 Å². The molecule has 1 spiro atoms. The topological polar surface area (TPSA) is 110 Å². The quantitative estimate of drug-likeness (QED) is 0.187. The molecule has 1 fully saturated rings. The Morgan fingerprint density at radius 2 is 1.50 bits per heavy atom.